The van der Waals surface area contributed by atoms with Gasteiger partial charge in [0.1, 0.15) is 34.7 Å². The summed E-state index contributed by atoms with van der Waals surface area (Å²) < 4.78 is 6.09. The molecule has 3 aromatic carbocycles. The molecule has 12 nitrogen and oxygen atoms in total. The maximum absolute atomic E-state index is 13.8. The summed E-state index contributed by atoms with van der Waals surface area (Å²) in [5.74, 6) is 0.873. The number of nitro benzene ring substituents is 1. The number of ether oxygens (including phenoxy) is 1. The summed E-state index contributed by atoms with van der Waals surface area (Å²) in [6.45, 7) is 1.63. The Labute approximate surface area is 238 Å². The van der Waals surface area contributed by atoms with Gasteiger partial charge in [0.25, 0.3) is 11.2 Å². The number of nitrogens with one attached hydrogen (secondary N) is 1. The molecule has 0 amide bonds. The van der Waals surface area contributed by atoms with Gasteiger partial charge in [-0.15, -0.1) is 0 Å². The molecule has 0 saturated heterocycles. The van der Waals surface area contributed by atoms with Gasteiger partial charge in [0.15, 0.2) is 11.6 Å². The maximum atomic E-state index is 13.8. The van der Waals surface area contributed by atoms with Crippen molar-refractivity contribution < 1.29 is 9.66 Å². The molecule has 0 spiro atoms. The molecular formula is C30H20N8O4. The molecule has 0 bridgehead atoms. The first-order valence-corrected chi connectivity index (χ1v) is 12.4. The molecule has 0 aliphatic carbocycles. The molecule has 0 radical (unpaired) electrons. The molecule has 204 valence electrons. The molecule has 5 aromatic rings. The number of H-pyrrole nitrogens is 1. The van der Waals surface area contributed by atoms with Crippen LogP contribution in [0.2, 0.25) is 0 Å². The van der Waals surface area contributed by atoms with Crippen molar-refractivity contribution in [3.63, 3.8) is 0 Å². The number of methoxy groups -OCH3 is 1. The summed E-state index contributed by atoms with van der Waals surface area (Å²) in [5.41, 5.74) is 1.13. The molecule has 2 aromatic heterocycles. The van der Waals surface area contributed by atoms with Gasteiger partial charge < -0.3 is 9.72 Å². The maximum Gasteiger partial charge on any atom is 0.291 e. The zero-order valence-corrected chi connectivity index (χ0v) is 22.3. The Morgan fingerprint density at radius 3 is 2.36 bits per heavy atom. The number of pyridine rings is 1. The molecule has 0 aliphatic heterocycles. The van der Waals surface area contributed by atoms with Crippen LogP contribution in [0.5, 0.6) is 5.75 Å². The second kappa shape index (κ2) is 11.4. The van der Waals surface area contributed by atoms with Crippen LogP contribution in [0.15, 0.2) is 87.7 Å². The summed E-state index contributed by atoms with van der Waals surface area (Å²) >= 11 is 0. The topological polar surface area (TPSA) is 175 Å². The molecule has 42 heavy (non-hydrogen) atoms. The minimum absolute atomic E-state index is 0.00498. The molecule has 1 N–H and O–H groups in total. The highest BCUT2D eigenvalue weighted by atomic mass is 16.6. The number of hydrogen-bond acceptors (Lipinski definition) is 9. The third kappa shape index (κ3) is 5.11. The van der Waals surface area contributed by atoms with Crippen molar-refractivity contribution in [1.82, 2.24) is 14.6 Å². The smallest absolute Gasteiger partial charge is 0.291 e. The highest BCUT2D eigenvalue weighted by Gasteiger charge is 2.24. The lowest BCUT2D eigenvalue weighted by Crippen LogP contribution is -2.23. The van der Waals surface area contributed by atoms with Gasteiger partial charge in [0.2, 0.25) is 0 Å². The van der Waals surface area contributed by atoms with Gasteiger partial charge in [-0.2, -0.15) is 20.3 Å². The lowest BCUT2D eigenvalue weighted by molar-refractivity contribution is -0.384. The Morgan fingerprint density at radius 1 is 1.05 bits per heavy atom. The predicted octanol–water partition coefficient (Wildman–Crippen LogP) is 5.07. The fourth-order valence-electron chi connectivity index (χ4n) is 4.26. The zero-order chi connectivity index (χ0) is 29.8. The lowest BCUT2D eigenvalue weighted by Gasteiger charge is -2.13. The van der Waals surface area contributed by atoms with Crippen molar-refractivity contribution >= 4 is 34.5 Å². The Balaban J connectivity index is 1.76. The molecule has 5 rings (SSSR count). The Kier molecular flexibility index (Phi) is 7.36. The summed E-state index contributed by atoms with van der Waals surface area (Å²) in [5, 5.41) is 36.0. The van der Waals surface area contributed by atoms with Crippen molar-refractivity contribution in [2.45, 2.75) is 6.92 Å². The first-order chi connectivity index (χ1) is 20.3. The van der Waals surface area contributed by atoms with E-state index in [1.165, 1.54) is 30.5 Å². The second-order valence-corrected chi connectivity index (χ2v) is 8.91. The number of imidazole rings is 1. The highest BCUT2D eigenvalue weighted by molar-refractivity contribution is 5.98. The van der Waals surface area contributed by atoms with E-state index < -0.39 is 10.5 Å². The SMILES string of the molecule is COc1ccc(C=Nc2c(C#N)c(-c3ccc([N+](=O)[O-])cc3)c(C#N)c(=O)n2/N=C(\C)c2nc3ccccc3[nH]2)cc1. The fourth-order valence-corrected chi connectivity index (χ4v) is 4.26. The van der Waals surface area contributed by atoms with Crippen LogP contribution < -0.4 is 10.3 Å². The number of rotatable bonds is 7. The van der Waals surface area contributed by atoms with Crippen LogP contribution in [0.4, 0.5) is 11.5 Å². The van der Waals surface area contributed by atoms with Crippen molar-refractivity contribution in [2.75, 3.05) is 7.11 Å². The Morgan fingerprint density at radius 2 is 1.74 bits per heavy atom. The van der Waals surface area contributed by atoms with Gasteiger partial charge in [-0.25, -0.2) is 9.98 Å². The van der Waals surface area contributed by atoms with Crippen LogP contribution in [0.1, 0.15) is 29.4 Å². The largest absolute Gasteiger partial charge is 0.497 e. The van der Waals surface area contributed by atoms with Gasteiger partial charge in [-0.05, 0) is 66.6 Å². The summed E-state index contributed by atoms with van der Waals surface area (Å²) in [6.07, 6.45) is 1.45. The van der Waals surface area contributed by atoms with Crippen molar-refractivity contribution in [1.29, 1.82) is 10.5 Å². The number of aromatic amines is 1. The number of nitriles is 2. The number of nitrogens with zero attached hydrogens (tertiary/aromatic N) is 7. The monoisotopic (exact) mass is 556 g/mol. The van der Waals surface area contributed by atoms with Crippen LogP contribution >= 0.6 is 0 Å². The molecule has 0 atom stereocenters. The van der Waals surface area contributed by atoms with E-state index in [1.54, 1.807) is 38.3 Å². The molecular weight excluding hydrogens is 536 g/mol. The van der Waals surface area contributed by atoms with Crippen LogP contribution in [-0.2, 0) is 0 Å². The minimum Gasteiger partial charge on any atom is -0.497 e. The minimum atomic E-state index is -0.831. The Hall–Kier alpha value is -6.40. The summed E-state index contributed by atoms with van der Waals surface area (Å²) in [6, 6.07) is 23.4. The van der Waals surface area contributed by atoms with Gasteiger partial charge in [0.05, 0.1) is 23.1 Å². The normalized spacial score (nSPS) is 11.4. The number of non-ortho nitro benzene ring substituents is 1. The van der Waals surface area contributed by atoms with E-state index in [0.717, 1.165) is 10.2 Å². The van der Waals surface area contributed by atoms with Crippen molar-refractivity contribution in [3.05, 3.63) is 116 Å². The van der Waals surface area contributed by atoms with E-state index in [0.29, 0.717) is 28.4 Å². The third-order valence-corrected chi connectivity index (χ3v) is 6.35. The van der Waals surface area contributed by atoms with Crippen LogP contribution in [0.25, 0.3) is 22.2 Å². The van der Waals surface area contributed by atoms with E-state index in [2.05, 4.69) is 26.1 Å². The number of benzene rings is 3. The van der Waals surface area contributed by atoms with Gasteiger partial charge >= 0.3 is 0 Å². The summed E-state index contributed by atoms with van der Waals surface area (Å²) in [4.78, 5) is 36.5. The summed E-state index contributed by atoms with van der Waals surface area (Å²) in [7, 11) is 1.54. The molecule has 0 fully saturated rings. The second-order valence-electron chi connectivity index (χ2n) is 8.91. The van der Waals surface area contributed by atoms with Crippen molar-refractivity contribution in [3.8, 4) is 29.0 Å². The first-order valence-electron chi connectivity index (χ1n) is 12.4. The van der Waals surface area contributed by atoms with E-state index in [9.17, 15) is 25.4 Å². The molecule has 0 unspecified atom stereocenters. The number of hydrogen-bond donors (Lipinski definition) is 1. The standard InChI is InChI=1S/C30H20N8O4/c1-18(28-34-25-5-3-4-6-26(25)35-28)36-37-29(33-17-19-7-13-22(42-2)14-8-19)23(15-31)27(24(16-32)30(37)39)20-9-11-21(12-10-20)38(40)41/h3-14,17H,1-2H3,(H,34,35)/b33-17?,36-18+. The quantitative estimate of drug-likeness (QED) is 0.165. The molecule has 0 aliphatic rings. The first kappa shape index (κ1) is 27.2. The Bertz CT molecular complexity index is 2010. The van der Waals surface area contributed by atoms with Gasteiger partial charge in [-0.3, -0.25) is 14.9 Å². The fraction of sp³-hybridized carbons (Fsp3) is 0.0667. The number of aliphatic imine (C=N–C) groups is 1. The van der Waals surface area contributed by atoms with Crippen LogP contribution in [0, 0.1) is 32.8 Å². The van der Waals surface area contributed by atoms with E-state index in [1.807, 2.05) is 30.3 Å². The van der Waals surface area contributed by atoms with E-state index in [-0.39, 0.29) is 33.8 Å². The zero-order valence-electron chi connectivity index (χ0n) is 22.3. The predicted molar refractivity (Wildman–Crippen MR) is 156 cm³/mol. The average Bonchev–Trinajstić information content (AvgIpc) is 3.46. The number of fused-ring (bicyclic) bond motifs is 1. The lowest BCUT2D eigenvalue weighted by atomic mass is 9.96. The van der Waals surface area contributed by atoms with Crippen molar-refractivity contribution in [2.24, 2.45) is 10.1 Å². The van der Waals surface area contributed by atoms with Crippen LogP contribution in [0.3, 0.4) is 0 Å². The third-order valence-electron chi connectivity index (χ3n) is 6.35. The number of para-hydroxylation sites is 2. The van der Waals surface area contributed by atoms with Gasteiger partial charge in [0, 0.05) is 23.9 Å². The highest BCUT2D eigenvalue weighted by Crippen LogP contribution is 2.33. The number of aromatic nitrogens is 3. The average molecular weight is 557 g/mol. The molecule has 12 heteroatoms. The van der Waals surface area contributed by atoms with Gasteiger partial charge in [-0.1, -0.05) is 12.1 Å². The van der Waals surface area contributed by atoms with Crippen LogP contribution in [-0.4, -0.2) is 38.6 Å². The molecule has 2 heterocycles. The van der Waals surface area contributed by atoms with E-state index >= 15 is 0 Å². The number of nitro groups is 1. The van der Waals surface area contributed by atoms with E-state index in [4.69, 9.17) is 4.74 Å². The molecule has 0 saturated carbocycles.